The van der Waals surface area contributed by atoms with Crippen molar-refractivity contribution >= 4 is 74.0 Å². The number of thioether (sulfide) groups is 2. The van der Waals surface area contributed by atoms with Crippen LogP contribution in [0.2, 0.25) is 0 Å². The zero-order valence-corrected chi connectivity index (χ0v) is 24.4. The smallest absolute Gasteiger partial charge is 0.300 e. The molecule has 0 bridgehead atoms. The summed E-state index contributed by atoms with van der Waals surface area (Å²) in [5, 5.41) is 19.0. The van der Waals surface area contributed by atoms with Gasteiger partial charge in [0.1, 0.15) is 5.82 Å². The van der Waals surface area contributed by atoms with Crippen molar-refractivity contribution in [3.63, 3.8) is 0 Å². The topological polar surface area (TPSA) is 144 Å². The summed E-state index contributed by atoms with van der Waals surface area (Å²) in [5.41, 5.74) is 1.36. The van der Waals surface area contributed by atoms with E-state index in [0.717, 1.165) is 34.9 Å². The molecule has 0 atom stereocenters. The average molecular weight is 631 g/mol. The molecular weight excluding hydrogens is 612 g/mol. The van der Waals surface area contributed by atoms with Gasteiger partial charge in [-0.15, -0.1) is 10.2 Å². The molecule has 15 heteroatoms. The minimum Gasteiger partial charge on any atom is -0.323 e. The summed E-state index contributed by atoms with van der Waals surface area (Å²) in [7, 11) is 0. The highest BCUT2D eigenvalue weighted by atomic mass is 32.2. The predicted molar refractivity (Wildman–Crippen MR) is 165 cm³/mol. The molecule has 3 heterocycles. The first-order valence-electron chi connectivity index (χ1n) is 12.6. The summed E-state index contributed by atoms with van der Waals surface area (Å²) in [5.74, 6) is -1.34. The number of carbonyl (C=O) groups excluding carboxylic acids is 2. The van der Waals surface area contributed by atoms with Gasteiger partial charge >= 0.3 is 0 Å². The van der Waals surface area contributed by atoms with E-state index in [0.29, 0.717) is 31.6 Å². The van der Waals surface area contributed by atoms with Crippen LogP contribution in [0.25, 0.3) is 27.8 Å². The van der Waals surface area contributed by atoms with Gasteiger partial charge in [-0.2, -0.15) is 14.6 Å². The normalized spacial score (nSPS) is 11.1. The summed E-state index contributed by atoms with van der Waals surface area (Å²) in [6.45, 7) is 0. The summed E-state index contributed by atoms with van der Waals surface area (Å²) < 4.78 is 15.7. The van der Waals surface area contributed by atoms with Crippen LogP contribution in [-0.4, -0.2) is 53.1 Å². The number of nitrogens with one attached hydrogen (secondary N) is 2. The Morgan fingerprint density at radius 3 is 2.40 bits per heavy atom. The lowest BCUT2D eigenvalue weighted by Gasteiger charge is -2.10. The number of nitrogens with zero attached hydrogens (tertiary/aromatic N) is 6. The van der Waals surface area contributed by atoms with Crippen molar-refractivity contribution in [2.75, 3.05) is 22.1 Å². The fraction of sp³-hybridized carbons (Fsp3) is 0.0714. The molecular formula is C28H19FN8O3S3. The minimum absolute atomic E-state index is 0.0121. The number of fused-ring (bicyclic) bond motifs is 3. The van der Waals surface area contributed by atoms with E-state index in [2.05, 4.69) is 35.9 Å². The van der Waals surface area contributed by atoms with Gasteiger partial charge in [0.2, 0.25) is 16.9 Å². The Kier molecular flexibility index (Phi) is 8.35. The first-order chi connectivity index (χ1) is 20.9. The third-order valence-corrected chi connectivity index (χ3v) is 8.76. The average Bonchev–Trinajstić information content (AvgIpc) is 3.47. The summed E-state index contributed by atoms with van der Waals surface area (Å²) in [6, 6.07) is 22.2. The quantitative estimate of drug-likeness (QED) is 0.0993. The van der Waals surface area contributed by atoms with E-state index in [4.69, 9.17) is 0 Å². The lowest BCUT2D eigenvalue weighted by molar-refractivity contribution is -0.114. The van der Waals surface area contributed by atoms with Gasteiger partial charge in [0.25, 0.3) is 5.56 Å². The van der Waals surface area contributed by atoms with Crippen LogP contribution in [0.15, 0.2) is 93.2 Å². The Balaban J connectivity index is 1.14. The number of carbonyl (C=O) groups is 2. The fourth-order valence-electron chi connectivity index (χ4n) is 3.96. The lowest BCUT2D eigenvalue weighted by atomic mass is 10.2. The van der Waals surface area contributed by atoms with Crippen LogP contribution in [0.3, 0.4) is 0 Å². The van der Waals surface area contributed by atoms with Crippen molar-refractivity contribution < 1.29 is 14.0 Å². The Hall–Kier alpha value is -4.73. The highest BCUT2D eigenvalue weighted by Crippen LogP contribution is 2.27. The molecule has 2 N–H and O–H groups in total. The van der Waals surface area contributed by atoms with Crippen LogP contribution < -0.4 is 16.2 Å². The number of amides is 2. The van der Waals surface area contributed by atoms with Crippen molar-refractivity contribution in [1.29, 1.82) is 0 Å². The Labute approximate surface area is 255 Å². The highest BCUT2D eigenvalue weighted by molar-refractivity contribution is 8.01. The molecule has 214 valence electrons. The molecule has 2 amide bonds. The Morgan fingerprint density at radius 2 is 1.56 bits per heavy atom. The lowest BCUT2D eigenvalue weighted by Crippen LogP contribution is -2.19. The molecule has 0 saturated heterocycles. The van der Waals surface area contributed by atoms with Crippen LogP contribution in [0.4, 0.5) is 15.2 Å². The molecule has 43 heavy (non-hydrogen) atoms. The number of hydrogen-bond donors (Lipinski definition) is 2. The van der Waals surface area contributed by atoms with Crippen molar-refractivity contribution in [3.8, 4) is 11.3 Å². The summed E-state index contributed by atoms with van der Waals surface area (Å²) in [6.07, 6.45) is 0. The number of halogens is 1. The third kappa shape index (κ3) is 6.53. The zero-order chi connectivity index (χ0) is 29.8. The van der Waals surface area contributed by atoms with Gasteiger partial charge < -0.3 is 5.32 Å². The molecule has 0 fully saturated rings. The number of aromatic nitrogens is 6. The molecule has 11 nitrogen and oxygen atoms in total. The van der Waals surface area contributed by atoms with Crippen molar-refractivity contribution in [3.05, 3.63) is 95.0 Å². The molecule has 0 aliphatic rings. The van der Waals surface area contributed by atoms with E-state index in [1.807, 2.05) is 36.4 Å². The van der Waals surface area contributed by atoms with E-state index in [9.17, 15) is 18.8 Å². The number of hydrogen-bond acceptors (Lipinski definition) is 11. The van der Waals surface area contributed by atoms with Crippen LogP contribution in [0.5, 0.6) is 0 Å². The van der Waals surface area contributed by atoms with Crippen molar-refractivity contribution in [2.24, 2.45) is 0 Å². The number of rotatable bonds is 9. The SMILES string of the molecule is O=C(CSc1nc2ccccc2c2nc(=O)c(-c3ccccc3)nn12)Nc1nnc(SCC(=O)Nc2ccccc2F)s1. The Bertz CT molecular complexity index is 2040. The Morgan fingerprint density at radius 1 is 0.837 bits per heavy atom. The summed E-state index contributed by atoms with van der Waals surface area (Å²) >= 11 is 3.35. The minimum atomic E-state index is -0.524. The molecule has 3 aromatic carbocycles. The molecule has 0 saturated carbocycles. The molecule has 0 aliphatic heterocycles. The first kappa shape index (κ1) is 28.4. The number of para-hydroxylation sites is 2. The van der Waals surface area contributed by atoms with Gasteiger partial charge in [0, 0.05) is 10.9 Å². The van der Waals surface area contributed by atoms with Gasteiger partial charge in [0.15, 0.2) is 20.8 Å². The van der Waals surface area contributed by atoms with E-state index < -0.39 is 17.3 Å². The zero-order valence-electron chi connectivity index (χ0n) is 21.9. The highest BCUT2D eigenvalue weighted by Gasteiger charge is 2.17. The second-order valence-electron chi connectivity index (χ2n) is 8.81. The van der Waals surface area contributed by atoms with Crippen molar-refractivity contribution in [1.82, 2.24) is 29.8 Å². The maximum Gasteiger partial charge on any atom is 0.300 e. The van der Waals surface area contributed by atoms with Gasteiger partial charge in [-0.05, 0) is 24.3 Å². The maximum atomic E-state index is 13.8. The molecule has 0 spiro atoms. The molecule has 0 aliphatic carbocycles. The van der Waals surface area contributed by atoms with E-state index in [1.54, 1.807) is 24.3 Å². The first-order valence-corrected chi connectivity index (χ1v) is 15.4. The molecule has 6 aromatic rings. The monoisotopic (exact) mass is 630 g/mol. The predicted octanol–water partition coefficient (Wildman–Crippen LogP) is 4.76. The fourth-order valence-corrected chi connectivity index (χ4v) is 6.27. The molecule has 0 unspecified atom stereocenters. The van der Waals surface area contributed by atoms with Gasteiger partial charge in [0.05, 0.1) is 22.7 Å². The van der Waals surface area contributed by atoms with Gasteiger partial charge in [-0.1, -0.05) is 89.5 Å². The van der Waals surface area contributed by atoms with Crippen LogP contribution in [0.1, 0.15) is 0 Å². The molecule has 0 radical (unpaired) electrons. The van der Waals surface area contributed by atoms with Gasteiger partial charge in [-0.3, -0.25) is 19.7 Å². The second kappa shape index (κ2) is 12.6. The number of anilines is 2. The maximum absolute atomic E-state index is 13.8. The van der Waals surface area contributed by atoms with E-state index in [1.165, 1.54) is 22.7 Å². The van der Waals surface area contributed by atoms with Crippen LogP contribution >= 0.6 is 34.9 Å². The molecule has 6 rings (SSSR count). The van der Waals surface area contributed by atoms with Crippen LogP contribution in [0, 0.1) is 5.82 Å². The second-order valence-corrected chi connectivity index (χ2v) is 11.9. The third-order valence-electron chi connectivity index (χ3n) is 5.86. The number of benzene rings is 3. The van der Waals surface area contributed by atoms with Crippen molar-refractivity contribution in [2.45, 2.75) is 9.50 Å². The van der Waals surface area contributed by atoms with Gasteiger partial charge in [-0.25, -0.2) is 9.37 Å². The standard InChI is InChI=1S/C28H19FN8O3S3/c29-18-11-5-7-13-20(18)30-21(38)15-42-28-35-34-26(43-28)32-22(39)14-41-27-31-19-12-6-4-10-17(19)24-33-25(40)23(36-37(24)27)16-8-2-1-3-9-16/h1-13H,14-15H2,(H,30,38)(H,32,34,39). The van der Waals surface area contributed by atoms with E-state index >= 15 is 0 Å². The summed E-state index contributed by atoms with van der Waals surface area (Å²) in [4.78, 5) is 46.9. The van der Waals surface area contributed by atoms with E-state index in [-0.39, 0.29) is 33.9 Å². The molecule has 3 aromatic heterocycles. The largest absolute Gasteiger partial charge is 0.323 e. The van der Waals surface area contributed by atoms with Crippen LogP contribution in [-0.2, 0) is 9.59 Å².